The van der Waals surface area contributed by atoms with Gasteiger partial charge in [-0.15, -0.1) is 0 Å². The van der Waals surface area contributed by atoms with Crippen LogP contribution in [0.2, 0.25) is 0 Å². The molecule has 0 radical (unpaired) electrons. The zero-order chi connectivity index (χ0) is 15.6. The molecule has 1 amide bonds. The van der Waals surface area contributed by atoms with E-state index in [2.05, 4.69) is 5.32 Å². The summed E-state index contributed by atoms with van der Waals surface area (Å²) in [6.45, 7) is 2.94. The van der Waals surface area contributed by atoms with Gasteiger partial charge in [0.2, 0.25) is 6.10 Å². The average molecular weight is 295 g/mol. The van der Waals surface area contributed by atoms with Crippen molar-refractivity contribution in [3.63, 3.8) is 0 Å². The van der Waals surface area contributed by atoms with Gasteiger partial charge in [-0.3, -0.25) is 4.79 Å². The number of carbonyl (C=O) groups is 2. The smallest absolute Gasteiger partial charge is 0.328 e. The SMILES string of the molecule is CC(O)C(NC(=O)C1Oc2ccccc2OC1C)C(=O)O. The van der Waals surface area contributed by atoms with Crippen LogP contribution in [-0.4, -0.2) is 46.4 Å². The standard InChI is InChI=1S/C14H17NO6/c1-7(16)11(14(18)19)15-13(17)12-8(2)20-9-5-3-4-6-10(9)21-12/h3-8,11-12,16H,1-2H3,(H,15,17)(H,18,19). The van der Waals surface area contributed by atoms with Crippen molar-refractivity contribution in [2.24, 2.45) is 0 Å². The Balaban J connectivity index is 2.11. The molecule has 1 heterocycles. The minimum atomic E-state index is -1.40. The van der Waals surface area contributed by atoms with E-state index in [1.54, 1.807) is 31.2 Å². The molecule has 4 unspecified atom stereocenters. The molecule has 7 heteroatoms. The fourth-order valence-electron chi connectivity index (χ4n) is 2.03. The van der Waals surface area contributed by atoms with E-state index < -0.39 is 36.2 Å². The van der Waals surface area contributed by atoms with Crippen molar-refractivity contribution >= 4 is 11.9 Å². The van der Waals surface area contributed by atoms with Gasteiger partial charge in [0.15, 0.2) is 17.5 Å². The number of para-hydroxylation sites is 2. The van der Waals surface area contributed by atoms with Crippen LogP contribution in [0.1, 0.15) is 13.8 Å². The first-order chi connectivity index (χ1) is 9.90. The maximum absolute atomic E-state index is 12.1. The quantitative estimate of drug-likeness (QED) is 0.731. The Morgan fingerprint density at radius 1 is 1.24 bits per heavy atom. The fraction of sp³-hybridized carbons (Fsp3) is 0.429. The maximum atomic E-state index is 12.1. The topological polar surface area (TPSA) is 105 Å². The summed E-state index contributed by atoms with van der Waals surface area (Å²) in [7, 11) is 0. The number of amides is 1. The molecule has 21 heavy (non-hydrogen) atoms. The predicted molar refractivity (Wildman–Crippen MR) is 72.2 cm³/mol. The van der Waals surface area contributed by atoms with Crippen molar-refractivity contribution in [1.82, 2.24) is 5.32 Å². The lowest BCUT2D eigenvalue weighted by molar-refractivity contribution is -0.147. The van der Waals surface area contributed by atoms with Crippen LogP contribution >= 0.6 is 0 Å². The number of aliphatic hydroxyl groups is 1. The minimum absolute atomic E-state index is 0.416. The molecule has 1 aromatic carbocycles. The highest BCUT2D eigenvalue weighted by molar-refractivity contribution is 5.87. The number of hydrogen-bond acceptors (Lipinski definition) is 5. The van der Waals surface area contributed by atoms with Crippen molar-refractivity contribution in [3.05, 3.63) is 24.3 Å². The number of benzene rings is 1. The number of carboxylic acids is 1. The van der Waals surface area contributed by atoms with Gasteiger partial charge < -0.3 is 25.0 Å². The molecule has 0 aliphatic carbocycles. The van der Waals surface area contributed by atoms with Crippen molar-refractivity contribution in [3.8, 4) is 11.5 Å². The molecule has 1 aliphatic heterocycles. The van der Waals surface area contributed by atoms with E-state index in [-0.39, 0.29) is 0 Å². The van der Waals surface area contributed by atoms with E-state index in [1.165, 1.54) is 6.92 Å². The zero-order valence-corrected chi connectivity index (χ0v) is 11.6. The summed E-state index contributed by atoms with van der Waals surface area (Å²) in [5.74, 6) is -1.02. The molecule has 0 spiro atoms. The van der Waals surface area contributed by atoms with Gasteiger partial charge in [-0.2, -0.15) is 0 Å². The van der Waals surface area contributed by atoms with Gasteiger partial charge in [-0.25, -0.2) is 4.79 Å². The van der Waals surface area contributed by atoms with Crippen molar-refractivity contribution in [2.45, 2.75) is 38.2 Å². The number of aliphatic carboxylic acids is 1. The lowest BCUT2D eigenvalue weighted by atomic mass is 10.1. The number of carboxylic acid groups (broad SMARTS) is 1. The predicted octanol–water partition coefficient (Wildman–Crippen LogP) is 0.165. The van der Waals surface area contributed by atoms with Crippen LogP contribution < -0.4 is 14.8 Å². The van der Waals surface area contributed by atoms with Crippen molar-refractivity contribution in [1.29, 1.82) is 0 Å². The first kappa shape index (κ1) is 15.1. The van der Waals surface area contributed by atoms with Gasteiger partial charge in [-0.1, -0.05) is 12.1 Å². The fourth-order valence-corrected chi connectivity index (χ4v) is 2.03. The first-order valence-electron chi connectivity index (χ1n) is 6.53. The molecule has 0 saturated carbocycles. The normalized spacial score (nSPS) is 23.0. The number of hydrogen-bond donors (Lipinski definition) is 3. The molecule has 7 nitrogen and oxygen atoms in total. The first-order valence-corrected chi connectivity index (χ1v) is 6.53. The van der Waals surface area contributed by atoms with Crippen molar-refractivity contribution in [2.75, 3.05) is 0 Å². The monoisotopic (exact) mass is 295 g/mol. The molecule has 0 aromatic heterocycles. The second kappa shape index (κ2) is 6.01. The van der Waals surface area contributed by atoms with Crippen molar-refractivity contribution < 1.29 is 29.3 Å². The van der Waals surface area contributed by atoms with Crippen LogP contribution in [0.3, 0.4) is 0 Å². The lowest BCUT2D eigenvalue weighted by Gasteiger charge is -2.31. The van der Waals surface area contributed by atoms with E-state index in [4.69, 9.17) is 14.6 Å². The second-order valence-electron chi connectivity index (χ2n) is 4.87. The zero-order valence-electron chi connectivity index (χ0n) is 11.6. The third kappa shape index (κ3) is 3.25. The highest BCUT2D eigenvalue weighted by Gasteiger charge is 2.36. The molecular weight excluding hydrogens is 278 g/mol. The molecule has 114 valence electrons. The Morgan fingerprint density at radius 2 is 1.81 bits per heavy atom. The van der Waals surface area contributed by atoms with E-state index in [0.717, 1.165) is 0 Å². The largest absolute Gasteiger partial charge is 0.482 e. The van der Waals surface area contributed by atoms with Gasteiger partial charge in [0.1, 0.15) is 6.10 Å². The minimum Gasteiger partial charge on any atom is -0.482 e. The lowest BCUT2D eigenvalue weighted by Crippen LogP contribution is -2.55. The summed E-state index contributed by atoms with van der Waals surface area (Å²) in [6.07, 6.45) is -2.79. The molecule has 3 N–H and O–H groups in total. The molecule has 0 fully saturated rings. The van der Waals surface area contributed by atoms with Crippen LogP contribution in [0.5, 0.6) is 11.5 Å². The number of aliphatic hydroxyl groups excluding tert-OH is 1. The number of fused-ring (bicyclic) bond motifs is 1. The molecule has 1 aliphatic rings. The van der Waals surface area contributed by atoms with Gasteiger partial charge in [0, 0.05) is 0 Å². The van der Waals surface area contributed by atoms with Gasteiger partial charge >= 0.3 is 5.97 Å². The molecule has 1 aromatic rings. The molecule has 0 bridgehead atoms. The summed E-state index contributed by atoms with van der Waals surface area (Å²) < 4.78 is 11.1. The number of ether oxygens (including phenoxy) is 2. The number of rotatable bonds is 4. The van der Waals surface area contributed by atoms with Crippen LogP contribution in [0, 0.1) is 0 Å². The Labute approximate surface area is 121 Å². The Hall–Kier alpha value is -2.28. The summed E-state index contributed by atoms with van der Waals surface area (Å²) >= 11 is 0. The number of carbonyl (C=O) groups excluding carboxylic acids is 1. The third-order valence-corrected chi connectivity index (χ3v) is 3.15. The molecule has 2 rings (SSSR count). The van der Waals surface area contributed by atoms with E-state index in [1.807, 2.05) is 0 Å². The molecular formula is C14H17NO6. The average Bonchev–Trinajstić information content (AvgIpc) is 2.43. The van der Waals surface area contributed by atoms with Crippen LogP contribution in [-0.2, 0) is 9.59 Å². The molecule has 0 saturated heterocycles. The maximum Gasteiger partial charge on any atom is 0.328 e. The summed E-state index contributed by atoms with van der Waals surface area (Å²) in [5.41, 5.74) is 0. The molecule has 4 atom stereocenters. The Bertz CT molecular complexity index is 544. The van der Waals surface area contributed by atoms with E-state index in [9.17, 15) is 14.7 Å². The van der Waals surface area contributed by atoms with Crippen LogP contribution in [0.15, 0.2) is 24.3 Å². The highest BCUT2D eigenvalue weighted by Crippen LogP contribution is 2.33. The van der Waals surface area contributed by atoms with Gasteiger partial charge in [0.05, 0.1) is 6.10 Å². The summed E-state index contributed by atoms with van der Waals surface area (Å²) in [4.78, 5) is 23.1. The van der Waals surface area contributed by atoms with Crippen LogP contribution in [0.4, 0.5) is 0 Å². The summed E-state index contributed by atoms with van der Waals surface area (Å²) in [5, 5.41) is 20.6. The van der Waals surface area contributed by atoms with Crippen LogP contribution in [0.25, 0.3) is 0 Å². The third-order valence-electron chi connectivity index (χ3n) is 3.15. The van der Waals surface area contributed by atoms with Gasteiger partial charge in [-0.05, 0) is 26.0 Å². The highest BCUT2D eigenvalue weighted by atomic mass is 16.6. The summed E-state index contributed by atoms with van der Waals surface area (Å²) in [6, 6.07) is 5.50. The van der Waals surface area contributed by atoms with Gasteiger partial charge in [0.25, 0.3) is 5.91 Å². The Morgan fingerprint density at radius 3 is 2.33 bits per heavy atom. The number of nitrogens with one attached hydrogen (secondary N) is 1. The van der Waals surface area contributed by atoms with E-state index >= 15 is 0 Å². The van der Waals surface area contributed by atoms with E-state index in [0.29, 0.717) is 11.5 Å². The second-order valence-corrected chi connectivity index (χ2v) is 4.87. The Kier molecular flexibility index (Phi) is 4.32.